The van der Waals surface area contributed by atoms with Crippen LogP contribution in [0.4, 0.5) is 4.39 Å². The fraction of sp³-hybridized carbons (Fsp3) is 0.250. The monoisotopic (exact) mass is 221 g/mol. The fourth-order valence-corrected chi connectivity index (χ4v) is 1.78. The molecule has 0 N–H and O–H groups in total. The number of ether oxygens (including phenoxy) is 1. The molecule has 1 heterocycles. The number of hydrogen-bond donors (Lipinski definition) is 0. The number of fused-ring (bicyclic) bond motifs is 1. The van der Waals surface area contributed by atoms with E-state index in [0.29, 0.717) is 16.5 Å². The van der Waals surface area contributed by atoms with E-state index in [1.54, 1.807) is 19.2 Å². The predicted octanol–water partition coefficient (Wildman–Crippen LogP) is 1.82. The zero-order valence-electron chi connectivity index (χ0n) is 9.16. The third-order valence-electron chi connectivity index (χ3n) is 2.56. The second kappa shape index (κ2) is 4.06. The molecule has 0 atom stereocenters. The highest BCUT2D eigenvalue weighted by Crippen LogP contribution is 2.14. The van der Waals surface area contributed by atoms with Gasteiger partial charge in [-0.3, -0.25) is 4.79 Å². The van der Waals surface area contributed by atoms with Crippen molar-refractivity contribution in [2.75, 3.05) is 7.11 Å². The maximum Gasteiger partial charge on any atom is 0.256 e. The van der Waals surface area contributed by atoms with Gasteiger partial charge in [0.25, 0.3) is 5.56 Å². The van der Waals surface area contributed by atoms with Crippen molar-refractivity contribution in [1.29, 1.82) is 0 Å². The Morgan fingerprint density at radius 1 is 1.38 bits per heavy atom. The minimum atomic E-state index is -0.311. The number of aryl methyl sites for hydroxylation is 1. The van der Waals surface area contributed by atoms with Crippen LogP contribution in [0.3, 0.4) is 0 Å². The summed E-state index contributed by atoms with van der Waals surface area (Å²) in [5.41, 5.74) is 1.13. The molecule has 1 aromatic carbocycles. The van der Waals surface area contributed by atoms with Gasteiger partial charge in [-0.25, -0.2) is 4.39 Å². The van der Waals surface area contributed by atoms with Crippen LogP contribution in [0.25, 0.3) is 10.9 Å². The van der Waals surface area contributed by atoms with E-state index in [4.69, 9.17) is 4.74 Å². The number of pyridine rings is 1. The Bertz CT molecular complexity index is 589. The zero-order valence-corrected chi connectivity index (χ0v) is 9.16. The summed E-state index contributed by atoms with van der Waals surface area (Å²) in [7, 11) is 3.19. The largest absolute Gasteiger partial charge is 0.380 e. The molecule has 0 aliphatic rings. The van der Waals surface area contributed by atoms with Crippen LogP contribution in [0.2, 0.25) is 0 Å². The molecule has 0 bridgehead atoms. The van der Waals surface area contributed by atoms with Crippen molar-refractivity contribution in [2.24, 2.45) is 7.05 Å². The van der Waals surface area contributed by atoms with Gasteiger partial charge in [0.2, 0.25) is 0 Å². The standard InChI is InChI=1S/C12H12FNO2/c1-14-11-4-3-10(13)6-8(11)5-9(7-16-2)12(14)15/h3-6H,7H2,1-2H3. The SMILES string of the molecule is COCc1cc2cc(F)ccc2n(C)c1=O. The van der Waals surface area contributed by atoms with Gasteiger partial charge in [-0.2, -0.15) is 0 Å². The van der Waals surface area contributed by atoms with Crippen LogP contribution in [0, 0.1) is 5.82 Å². The predicted molar refractivity (Wildman–Crippen MR) is 59.9 cm³/mol. The first-order chi connectivity index (χ1) is 7.63. The molecule has 2 rings (SSSR count). The van der Waals surface area contributed by atoms with Crippen molar-refractivity contribution in [3.05, 3.63) is 46.0 Å². The molecule has 3 nitrogen and oxygen atoms in total. The number of nitrogens with zero attached hydrogens (tertiary/aromatic N) is 1. The first kappa shape index (κ1) is 10.8. The number of methoxy groups -OCH3 is 1. The van der Waals surface area contributed by atoms with E-state index in [1.807, 2.05) is 0 Å². The lowest BCUT2D eigenvalue weighted by molar-refractivity contribution is 0.183. The highest BCUT2D eigenvalue weighted by atomic mass is 19.1. The molecule has 1 aromatic heterocycles. The highest BCUT2D eigenvalue weighted by molar-refractivity contribution is 5.79. The zero-order chi connectivity index (χ0) is 11.7. The fourth-order valence-electron chi connectivity index (χ4n) is 1.78. The van der Waals surface area contributed by atoms with E-state index in [0.717, 1.165) is 0 Å². The summed E-state index contributed by atoms with van der Waals surface area (Å²) in [6, 6.07) is 6.03. The van der Waals surface area contributed by atoms with Crippen LogP contribution in [-0.4, -0.2) is 11.7 Å². The van der Waals surface area contributed by atoms with E-state index in [2.05, 4.69) is 0 Å². The summed E-state index contributed by atoms with van der Waals surface area (Å²) in [6.07, 6.45) is 0. The smallest absolute Gasteiger partial charge is 0.256 e. The van der Waals surface area contributed by atoms with E-state index in [-0.39, 0.29) is 18.0 Å². The molecule has 0 unspecified atom stereocenters. The number of rotatable bonds is 2. The normalized spacial score (nSPS) is 10.9. The van der Waals surface area contributed by atoms with Crippen molar-refractivity contribution in [2.45, 2.75) is 6.61 Å². The van der Waals surface area contributed by atoms with Crippen LogP contribution in [-0.2, 0) is 18.4 Å². The summed E-state index contributed by atoms with van der Waals surface area (Å²) < 4.78 is 19.5. The first-order valence-corrected chi connectivity index (χ1v) is 4.90. The maximum atomic E-state index is 13.1. The van der Waals surface area contributed by atoms with Crippen LogP contribution in [0.15, 0.2) is 29.1 Å². The Hall–Kier alpha value is -1.68. The summed E-state index contributed by atoms with van der Waals surface area (Å²) in [4.78, 5) is 11.8. The third-order valence-corrected chi connectivity index (χ3v) is 2.56. The molecule has 0 aliphatic heterocycles. The number of halogens is 1. The summed E-state index contributed by atoms with van der Waals surface area (Å²) in [5, 5.41) is 0.703. The van der Waals surface area contributed by atoms with Gasteiger partial charge in [-0.05, 0) is 24.3 Å². The van der Waals surface area contributed by atoms with Gasteiger partial charge in [0.15, 0.2) is 0 Å². The summed E-state index contributed by atoms with van der Waals surface area (Å²) in [6.45, 7) is 0.235. The number of hydrogen-bond acceptors (Lipinski definition) is 2. The average Bonchev–Trinajstić information content (AvgIpc) is 2.25. The first-order valence-electron chi connectivity index (χ1n) is 4.90. The average molecular weight is 221 g/mol. The van der Waals surface area contributed by atoms with Crippen LogP contribution >= 0.6 is 0 Å². The number of aromatic nitrogens is 1. The Morgan fingerprint density at radius 3 is 2.81 bits per heavy atom. The molecule has 2 aromatic rings. The third kappa shape index (κ3) is 1.72. The minimum absolute atomic E-state index is 0.110. The van der Waals surface area contributed by atoms with Crippen molar-refractivity contribution in [3.8, 4) is 0 Å². The maximum absolute atomic E-state index is 13.1. The van der Waals surface area contributed by atoms with Gasteiger partial charge in [0.1, 0.15) is 5.82 Å². The second-order valence-corrected chi connectivity index (χ2v) is 3.67. The lowest BCUT2D eigenvalue weighted by atomic mass is 10.1. The molecule has 0 saturated heterocycles. The van der Waals surface area contributed by atoms with Gasteiger partial charge in [-0.15, -0.1) is 0 Å². The Kier molecular flexibility index (Phi) is 2.75. The van der Waals surface area contributed by atoms with Crippen molar-refractivity contribution in [1.82, 2.24) is 4.57 Å². The molecule has 0 fully saturated rings. The van der Waals surface area contributed by atoms with Gasteiger partial charge < -0.3 is 9.30 Å². The van der Waals surface area contributed by atoms with Crippen LogP contribution < -0.4 is 5.56 Å². The van der Waals surface area contributed by atoms with Crippen molar-refractivity contribution >= 4 is 10.9 Å². The van der Waals surface area contributed by atoms with Gasteiger partial charge in [0, 0.05) is 25.1 Å². The lowest BCUT2D eigenvalue weighted by Crippen LogP contribution is -2.21. The summed E-state index contributed by atoms with van der Waals surface area (Å²) >= 11 is 0. The molecule has 0 aliphatic carbocycles. The second-order valence-electron chi connectivity index (χ2n) is 3.67. The molecule has 0 radical (unpaired) electrons. The van der Waals surface area contributed by atoms with E-state index < -0.39 is 0 Å². The highest BCUT2D eigenvalue weighted by Gasteiger charge is 2.06. The molecular weight excluding hydrogens is 209 g/mol. The summed E-state index contributed by atoms with van der Waals surface area (Å²) in [5.74, 6) is -0.311. The van der Waals surface area contributed by atoms with Gasteiger partial charge in [0.05, 0.1) is 12.1 Å². The van der Waals surface area contributed by atoms with Gasteiger partial charge >= 0.3 is 0 Å². The molecule has 16 heavy (non-hydrogen) atoms. The Balaban J connectivity index is 2.78. The molecule has 0 saturated carbocycles. The quantitative estimate of drug-likeness (QED) is 0.774. The Morgan fingerprint density at radius 2 is 2.12 bits per heavy atom. The molecular formula is C12H12FNO2. The number of benzene rings is 1. The van der Waals surface area contributed by atoms with E-state index in [1.165, 1.54) is 23.8 Å². The minimum Gasteiger partial charge on any atom is -0.380 e. The Labute approximate surface area is 92.1 Å². The van der Waals surface area contributed by atoms with Crippen LogP contribution in [0.1, 0.15) is 5.56 Å². The molecule has 4 heteroatoms. The van der Waals surface area contributed by atoms with Crippen molar-refractivity contribution in [3.63, 3.8) is 0 Å². The van der Waals surface area contributed by atoms with Crippen LogP contribution in [0.5, 0.6) is 0 Å². The molecule has 84 valence electrons. The van der Waals surface area contributed by atoms with Crippen molar-refractivity contribution < 1.29 is 9.13 Å². The van der Waals surface area contributed by atoms with E-state index >= 15 is 0 Å². The topological polar surface area (TPSA) is 31.2 Å². The molecule has 0 amide bonds. The van der Waals surface area contributed by atoms with Gasteiger partial charge in [-0.1, -0.05) is 0 Å². The van der Waals surface area contributed by atoms with E-state index in [9.17, 15) is 9.18 Å². The molecule has 0 spiro atoms. The lowest BCUT2D eigenvalue weighted by Gasteiger charge is -2.08.